The number of anilines is 1. The fourth-order valence-corrected chi connectivity index (χ4v) is 3.04. The van der Waals surface area contributed by atoms with Crippen LogP contribution < -0.4 is 20.2 Å². The molecule has 8 nitrogen and oxygen atoms in total. The summed E-state index contributed by atoms with van der Waals surface area (Å²) in [6, 6.07) is 17.6. The molecule has 3 aromatic rings. The monoisotopic (exact) mass is 529 g/mol. The van der Waals surface area contributed by atoms with Crippen LogP contribution in [0.3, 0.4) is 0 Å². The number of hydrogen-bond acceptors (Lipinski definition) is 6. The van der Waals surface area contributed by atoms with Crippen molar-refractivity contribution in [3.8, 4) is 11.5 Å². The number of esters is 1. The van der Waals surface area contributed by atoms with E-state index in [4.69, 9.17) is 21.1 Å². The second-order valence-electron chi connectivity index (χ2n) is 6.46. The lowest BCUT2D eigenvalue weighted by molar-refractivity contribution is -0.136. The number of hydrogen-bond donors (Lipinski definition) is 2. The van der Waals surface area contributed by atoms with Gasteiger partial charge < -0.3 is 14.8 Å². The fraction of sp³-hybridized carbons (Fsp3) is 0.0435. The van der Waals surface area contributed by atoms with Gasteiger partial charge in [-0.25, -0.2) is 10.2 Å². The van der Waals surface area contributed by atoms with E-state index in [-0.39, 0.29) is 5.75 Å². The van der Waals surface area contributed by atoms with Gasteiger partial charge in [-0.2, -0.15) is 5.10 Å². The highest BCUT2D eigenvalue weighted by Crippen LogP contribution is 2.23. The van der Waals surface area contributed by atoms with Crippen LogP contribution in [0.1, 0.15) is 15.9 Å². The molecular weight excluding hydrogens is 514 g/mol. The van der Waals surface area contributed by atoms with Gasteiger partial charge in [0.05, 0.1) is 18.9 Å². The third-order valence-electron chi connectivity index (χ3n) is 4.18. The summed E-state index contributed by atoms with van der Waals surface area (Å²) in [5.41, 5.74) is 3.26. The normalized spacial score (nSPS) is 10.5. The first kappa shape index (κ1) is 24.0. The van der Waals surface area contributed by atoms with Gasteiger partial charge in [0, 0.05) is 20.7 Å². The Labute approximate surface area is 202 Å². The van der Waals surface area contributed by atoms with E-state index in [2.05, 4.69) is 31.8 Å². The van der Waals surface area contributed by atoms with E-state index in [1.165, 1.54) is 13.3 Å². The molecule has 168 valence electrons. The van der Waals surface area contributed by atoms with E-state index in [0.717, 1.165) is 0 Å². The van der Waals surface area contributed by atoms with Crippen molar-refractivity contribution in [3.05, 3.63) is 87.4 Å². The molecule has 10 heteroatoms. The summed E-state index contributed by atoms with van der Waals surface area (Å²) in [5.74, 6) is -1.65. The molecule has 0 aliphatic carbocycles. The van der Waals surface area contributed by atoms with Gasteiger partial charge in [-0.1, -0.05) is 27.5 Å². The molecule has 2 N–H and O–H groups in total. The first-order chi connectivity index (χ1) is 15.9. The van der Waals surface area contributed by atoms with E-state index in [1.54, 1.807) is 66.7 Å². The molecule has 0 bridgehead atoms. The third-order valence-corrected chi connectivity index (χ3v) is 4.92. The Bertz CT molecular complexity index is 1200. The predicted molar refractivity (Wildman–Crippen MR) is 128 cm³/mol. The molecular formula is C23H17BrClN3O5. The van der Waals surface area contributed by atoms with Gasteiger partial charge >= 0.3 is 17.8 Å². The molecule has 0 aliphatic rings. The van der Waals surface area contributed by atoms with Gasteiger partial charge in [0.15, 0.2) is 0 Å². The van der Waals surface area contributed by atoms with Crippen LogP contribution in [0.25, 0.3) is 0 Å². The van der Waals surface area contributed by atoms with Crippen molar-refractivity contribution in [1.82, 2.24) is 5.43 Å². The molecule has 0 saturated carbocycles. The van der Waals surface area contributed by atoms with Crippen molar-refractivity contribution in [2.45, 2.75) is 0 Å². The minimum atomic E-state index is -0.975. The molecule has 0 aliphatic heterocycles. The van der Waals surface area contributed by atoms with E-state index in [1.807, 2.05) is 0 Å². The van der Waals surface area contributed by atoms with Crippen molar-refractivity contribution < 1.29 is 23.9 Å². The zero-order valence-electron chi connectivity index (χ0n) is 17.2. The highest BCUT2D eigenvalue weighted by molar-refractivity contribution is 9.10. The number of amides is 2. The Morgan fingerprint density at radius 3 is 2.33 bits per heavy atom. The maximum absolute atomic E-state index is 12.4. The van der Waals surface area contributed by atoms with Crippen molar-refractivity contribution in [2.75, 3.05) is 12.4 Å². The van der Waals surface area contributed by atoms with E-state index >= 15 is 0 Å². The van der Waals surface area contributed by atoms with Crippen molar-refractivity contribution in [2.24, 2.45) is 5.10 Å². The van der Waals surface area contributed by atoms with Crippen LogP contribution in [0.15, 0.2) is 76.3 Å². The highest BCUT2D eigenvalue weighted by atomic mass is 79.9. The lowest BCUT2D eigenvalue weighted by Gasteiger charge is -2.08. The summed E-state index contributed by atoms with van der Waals surface area (Å²) in [6.07, 6.45) is 1.26. The maximum atomic E-state index is 12.4. The van der Waals surface area contributed by atoms with Crippen LogP contribution in [0.4, 0.5) is 5.69 Å². The number of nitrogens with zero attached hydrogens (tertiary/aromatic N) is 1. The summed E-state index contributed by atoms with van der Waals surface area (Å²) in [6.45, 7) is 0. The van der Waals surface area contributed by atoms with Gasteiger partial charge in [-0.15, -0.1) is 0 Å². The Morgan fingerprint density at radius 1 is 0.970 bits per heavy atom. The Morgan fingerprint density at radius 2 is 1.67 bits per heavy atom. The smallest absolute Gasteiger partial charge is 0.343 e. The largest absolute Gasteiger partial charge is 0.497 e. The Kier molecular flexibility index (Phi) is 8.17. The molecule has 0 heterocycles. The summed E-state index contributed by atoms with van der Waals surface area (Å²) < 4.78 is 11.2. The topological polar surface area (TPSA) is 106 Å². The molecule has 3 rings (SSSR count). The van der Waals surface area contributed by atoms with Crippen LogP contribution in [0, 0.1) is 0 Å². The van der Waals surface area contributed by atoms with Crippen LogP contribution in [-0.4, -0.2) is 31.1 Å². The maximum Gasteiger partial charge on any atom is 0.343 e. The molecule has 0 aromatic heterocycles. The second-order valence-corrected chi connectivity index (χ2v) is 7.81. The van der Waals surface area contributed by atoms with Gasteiger partial charge in [0.1, 0.15) is 11.5 Å². The van der Waals surface area contributed by atoms with Crippen molar-refractivity contribution in [3.63, 3.8) is 0 Å². The number of hydrazone groups is 1. The summed E-state index contributed by atoms with van der Waals surface area (Å²) in [7, 11) is 1.52. The summed E-state index contributed by atoms with van der Waals surface area (Å²) in [5, 5.41) is 6.73. The van der Waals surface area contributed by atoms with Crippen LogP contribution in [0.2, 0.25) is 5.02 Å². The number of rotatable bonds is 6. The third kappa shape index (κ3) is 6.90. The fourth-order valence-electron chi connectivity index (χ4n) is 2.53. The first-order valence-electron chi connectivity index (χ1n) is 9.41. The summed E-state index contributed by atoms with van der Waals surface area (Å²) >= 11 is 9.17. The Hall–Kier alpha value is -3.69. The van der Waals surface area contributed by atoms with Gasteiger partial charge in [0.25, 0.3) is 0 Å². The standard InChI is InChI=1S/C23H17BrClN3O5/c1-32-19-9-7-18(8-10-19)27-21(29)22(30)28-26-13-15-12-16(24)4-11-20(15)33-23(31)14-2-5-17(25)6-3-14/h2-13H,1H3,(H,27,29)(H,28,30). The molecule has 33 heavy (non-hydrogen) atoms. The lowest BCUT2D eigenvalue weighted by atomic mass is 10.2. The SMILES string of the molecule is COc1ccc(NC(=O)C(=O)NN=Cc2cc(Br)ccc2OC(=O)c2ccc(Cl)cc2)cc1. The minimum Gasteiger partial charge on any atom is -0.497 e. The number of benzene rings is 3. The molecule has 0 saturated heterocycles. The average molecular weight is 531 g/mol. The average Bonchev–Trinajstić information content (AvgIpc) is 2.81. The molecule has 3 aromatic carbocycles. The van der Waals surface area contributed by atoms with Gasteiger partial charge in [0.2, 0.25) is 0 Å². The quantitative estimate of drug-likeness (QED) is 0.161. The van der Waals surface area contributed by atoms with Crippen molar-refractivity contribution in [1.29, 1.82) is 0 Å². The van der Waals surface area contributed by atoms with Crippen LogP contribution >= 0.6 is 27.5 Å². The summed E-state index contributed by atoms with van der Waals surface area (Å²) in [4.78, 5) is 36.5. The van der Waals surface area contributed by atoms with Gasteiger partial charge in [-0.05, 0) is 66.7 Å². The van der Waals surface area contributed by atoms with Crippen LogP contribution in [0.5, 0.6) is 11.5 Å². The van der Waals surface area contributed by atoms with E-state index in [9.17, 15) is 14.4 Å². The molecule has 0 unspecified atom stereocenters. The number of halogens is 2. The molecule has 0 spiro atoms. The molecule has 2 amide bonds. The first-order valence-corrected chi connectivity index (χ1v) is 10.6. The zero-order valence-corrected chi connectivity index (χ0v) is 19.5. The molecule has 0 atom stereocenters. The number of carbonyl (C=O) groups excluding carboxylic acids is 3. The van der Waals surface area contributed by atoms with Crippen molar-refractivity contribution >= 4 is 57.2 Å². The lowest BCUT2D eigenvalue weighted by Crippen LogP contribution is -2.32. The highest BCUT2D eigenvalue weighted by Gasteiger charge is 2.14. The molecule has 0 fully saturated rings. The minimum absolute atomic E-state index is 0.207. The zero-order chi connectivity index (χ0) is 23.8. The number of carbonyl (C=O) groups is 3. The molecule has 0 radical (unpaired) electrons. The van der Waals surface area contributed by atoms with Crippen LogP contribution in [-0.2, 0) is 9.59 Å². The second kappa shape index (κ2) is 11.3. The van der Waals surface area contributed by atoms with E-state index in [0.29, 0.717) is 32.1 Å². The van der Waals surface area contributed by atoms with E-state index < -0.39 is 17.8 Å². The number of ether oxygens (including phenoxy) is 2. The predicted octanol–water partition coefficient (Wildman–Crippen LogP) is 4.42. The number of methoxy groups -OCH3 is 1. The number of nitrogens with one attached hydrogen (secondary N) is 2. The van der Waals surface area contributed by atoms with Gasteiger partial charge in [-0.3, -0.25) is 9.59 Å². The Balaban J connectivity index is 1.64.